The van der Waals surface area contributed by atoms with E-state index in [4.69, 9.17) is 16.3 Å². The van der Waals surface area contributed by atoms with Gasteiger partial charge >= 0.3 is 5.97 Å². The second-order valence-electron chi connectivity index (χ2n) is 6.69. The van der Waals surface area contributed by atoms with Crippen molar-refractivity contribution >= 4 is 51.9 Å². The number of benzene rings is 2. The maximum Gasteiger partial charge on any atom is 0.331 e. The van der Waals surface area contributed by atoms with Crippen molar-refractivity contribution in [2.75, 3.05) is 29.3 Å². The van der Waals surface area contributed by atoms with E-state index < -0.39 is 17.8 Å². The number of amides is 1. The molecule has 0 spiro atoms. The van der Waals surface area contributed by atoms with Crippen molar-refractivity contribution in [3.05, 3.63) is 69.1 Å². The summed E-state index contributed by atoms with van der Waals surface area (Å²) in [5.41, 5.74) is 1.46. The van der Waals surface area contributed by atoms with Gasteiger partial charge in [-0.1, -0.05) is 11.6 Å². The standard InChI is InChI=1S/C21H17ClFN3O4S/c1-24-15-9-16-13(8-14(15)23)20(27)26(10-30-16)12-4-2-11(3-5-12)25-19(21(28)29)17-6-7-18(22)31-17/h2-9,19,24-25H,10H2,1H3,(H,28,29). The minimum Gasteiger partial charge on any atom is -0.479 e. The van der Waals surface area contributed by atoms with Crippen LogP contribution in [0, 0.1) is 5.82 Å². The van der Waals surface area contributed by atoms with Crippen molar-refractivity contribution in [2.24, 2.45) is 0 Å². The summed E-state index contributed by atoms with van der Waals surface area (Å²) in [6.45, 7) is -0.0289. The van der Waals surface area contributed by atoms with E-state index in [-0.39, 0.29) is 23.9 Å². The van der Waals surface area contributed by atoms with Gasteiger partial charge in [-0.05, 0) is 42.5 Å². The molecule has 0 aliphatic carbocycles. The molecule has 0 saturated carbocycles. The average molecular weight is 462 g/mol. The molecule has 1 aromatic heterocycles. The second kappa shape index (κ2) is 8.44. The van der Waals surface area contributed by atoms with Crippen molar-refractivity contribution in [2.45, 2.75) is 6.04 Å². The van der Waals surface area contributed by atoms with Gasteiger partial charge in [0.2, 0.25) is 0 Å². The van der Waals surface area contributed by atoms with Crippen LogP contribution in [0.5, 0.6) is 5.75 Å². The fraction of sp³-hybridized carbons (Fsp3) is 0.143. The van der Waals surface area contributed by atoms with E-state index in [1.165, 1.54) is 22.3 Å². The maximum atomic E-state index is 14.1. The van der Waals surface area contributed by atoms with E-state index >= 15 is 0 Å². The maximum absolute atomic E-state index is 14.1. The Bertz CT molecular complexity index is 1150. The summed E-state index contributed by atoms with van der Waals surface area (Å²) in [5.74, 6) is -1.67. The Kier molecular flexibility index (Phi) is 5.71. The van der Waals surface area contributed by atoms with Crippen molar-refractivity contribution in [3.8, 4) is 5.75 Å². The molecule has 1 atom stereocenters. The molecule has 3 aromatic rings. The number of carboxylic acid groups (broad SMARTS) is 1. The van der Waals surface area contributed by atoms with Gasteiger partial charge in [0.15, 0.2) is 12.8 Å². The summed E-state index contributed by atoms with van der Waals surface area (Å²) in [4.78, 5) is 26.5. The Morgan fingerprint density at radius 3 is 2.61 bits per heavy atom. The lowest BCUT2D eigenvalue weighted by atomic mass is 10.1. The number of carbonyl (C=O) groups excluding carboxylic acids is 1. The van der Waals surface area contributed by atoms with Crippen LogP contribution in [-0.2, 0) is 4.79 Å². The lowest BCUT2D eigenvalue weighted by Gasteiger charge is -2.29. The number of hydrogen-bond acceptors (Lipinski definition) is 6. The van der Waals surface area contributed by atoms with Crippen LogP contribution in [-0.4, -0.2) is 30.8 Å². The molecule has 0 saturated heterocycles. The number of fused-ring (bicyclic) bond motifs is 1. The van der Waals surface area contributed by atoms with E-state index in [2.05, 4.69) is 10.6 Å². The van der Waals surface area contributed by atoms with Crippen molar-refractivity contribution in [3.63, 3.8) is 0 Å². The fourth-order valence-electron chi connectivity index (χ4n) is 3.20. The first kappa shape index (κ1) is 21.0. The monoisotopic (exact) mass is 461 g/mol. The molecule has 2 aromatic carbocycles. The van der Waals surface area contributed by atoms with E-state index in [9.17, 15) is 19.1 Å². The molecule has 7 nitrogen and oxygen atoms in total. The molecule has 0 fully saturated rings. The Morgan fingerprint density at radius 1 is 1.26 bits per heavy atom. The van der Waals surface area contributed by atoms with Gasteiger partial charge in [0, 0.05) is 29.4 Å². The summed E-state index contributed by atoms with van der Waals surface area (Å²) in [6.07, 6.45) is 0. The predicted molar refractivity (Wildman–Crippen MR) is 118 cm³/mol. The van der Waals surface area contributed by atoms with Crippen LogP contribution >= 0.6 is 22.9 Å². The summed E-state index contributed by atoms with van der Waals surface area (Å²) in [5, 5.41) is 15.2. The first-order valence-corrected chi connectivity index (χ1v) is 10.4. The summed E-state index contributed by atoms with van der Waals surface area (Å²) in [6, 6.07) is 11.6. The summed E-state index contributed by atoms with van der Waals surface area (Å²) >= 11 is 7.10. The molecular formula is C21H17ClFN3O4S. The number of nitrogens with zero attached hydrogens (tertiary/aromatic N) is 1. The molecule has 4 rings (SSSR count). The lowest BCUT2D eigenvalue weighted by molar-refractivity contribution is -0.138. The van der Waals surface area contributed by atoms with E-state index in [1.807, 2.05) is 0 Å². The van der Waals surface area contributed by atoms with Crippen LogP contribution in [0.4, 0.5) is 21.5 Å². The van der Waals surface area contributed by atoms with E-state index in [1.54, 1.807) is 43.4 Å². The van der Waals surface area contributed by atoms with Crippen LogP contribution < -0.4 is 20.3 Å². The molecule has 3 N–H and O–H groups in total. The Balaban J connectivity index is 1.54. The Hall–Kier alpha value is -3.30. The summed E-state index contributed by atoms with van der Waals surface area (Å²) < 4.78 is 20.2. The first-order chi connectivity index (χ1) is 14.9. The minimum atomic E-state index is -1.04. The van der Waals surface area contributed by atoms with Gasteiger partial charge in [-0.15, -0.1) is 11.3 Å². The summed E-state index contributed by atoms with van der Waals surface area (Å²) in [7, 11) is 1.58. The highest BCUT2D eigenvalue weighted by Gasteiger charge is 2.28. The van der Waals surface area contributed by atoms with Crippen LogP contribution in [0.2, 0.25) is 4.34 Å². The number of ether oxygens (including phenoxy) is 1. The van der Waals surface area contributed by atoms with Crippen LogP contribution in [0.1, 0.15) is 21.3 Å². The lowest BCUT2D eigenvalue weighted by Crippen LogP contribution is -2.38. The van der Waals surface area contributed by atoms with Gasteiger partial charge in [0.05, 0.1) is 15.6 Å². The predicted octanol–water partition coefficient (Wildman–Crippen LogP) is 4.82. The number of rotatable bonds is 6. The molecule has 0 bridgehead atoms. The Morgan fingerprint density at radius 2 is 2.00 bits per heavy atom. The second-order valence-corrected chi connectivity index (χ2v) is 8.44. The number of carboxylic acids is 1. The molecule has 1 amide bonds. The number of hydrogen-bond donors (Lipinski definition) is 3. The first-order valence-electron chi connectivity index (χ1n) is 9.18. The van der Waals surface area contributed by atoms with Crippen molar-refractivity contribution in [1.82, 2.24) is 0 Å². The highest BCUT2D eigenvalue weighted by molar-refractivity contribution is 7.16. The van der Waals surface area contributed by atoms with E-state index in [0.29, 0.717) is 26.3 Å². The fourth-order valence-corrected chi connectivity index (χ4v) is 4.31. The van der Waals surface area contributed by atoms with Gasteiger partial charge in [0.25, 0.3) is 5.91 Å². The molecule has 31 heavy (non-hydrogen) atoms. The van der Waals surface area contributed by atoms with E-state index in [0.717, 1.165) is 6.07 Å². The molecule has 2 heterocycles. The topological polar surface area (TPSA) is 90.9 Å². The molecular weight excluding hydrogens is 445 g/mol. The molecule has 1 unspecified atom stereocenters. The third-order valence-corrected chi connectivity index (χ3v) is 6.07. The molecule has 10 heteroatoms. The minimum absolute atomic E-state index is 0.0289. The van der Waals surface area contributed by atoms with Crippen molar-refractivity contribution in [1.29, 1.82) is 0 Å². The normalized spacial score (nSPS) is 13.9. The quantitative estimate of drug-likeness (QED) is 0.487. The smallest absolute Gasteiger partial charge is 0.331 e. The molecule has 1 aliphatic rings. The number of halogens is 2. The third-order valence-electron chi connectivity index (χ3n) is 4.78. The third kappa shape index (κ3) is 4.14. The number of thiophene rings is 1. The van der Waals surface area contributed by atoms with Crippen molar-refractivity contribution < 1.29 is 23.8 Å². The SMILES string of the molecule is CNc1cc2c(cc1F)C(=O)N(c1ccc(NC(C(=O)O)c3ccc(Cl)s3)cc1)CO2. The van der Waals surface area contributed by atoms with Crippen LogP contribution in [0.15, 0.2) is 48.5 Å². The van der Waals surface area contributed by atoms with Gasteiger partial charge in [0.1, 0.15) is 11.6 Å². The van der Waals surface area contributed by atoms with Gasteiger partial charge in [-0.2, -0.15) is 0 Å². The van der Waals surface area contributed by atoms with Gasteiger partial charge in [-0.3, -0.25) is 9.69 Å². The average Bonchev–Trinajstić information content (AvgIpc) is 3.18. The number of anilines is 3. The number of carbonyl (C=O) groups is 2. The number of aliphatic carboxylic acids is 1. The number of nitrogens with one attached hydrogen (secondary N) is 2. The largest absolute Gasteiger partial charge is 0.479 e. The zero-order valence-corrected chi connectivity index (χ0v) is 17.8. The zero-order chi connectivity index (χ0) is 22.1. The van der Waals surface area contributed by atoms with Gasteiger partial charge < -0.3 is 20.5 Å². The Labute approximate surface area is 186 Å². The molecule has 1 aliphatic heterocycles. The highest BCUT2D eigenvalue weighted by atomic mass is 35.5. The zero-order valence-electron chi connectivity index (χ0n) is 16.2. The molecule has 160 valence electrons. The molecule has 0 radical (unpaired) electrons. The van der Waals surface area contributed by atoms with Gasteiger partial charge in [-0.25, -0.2) is 9.18 Å². The highest BCUT2D eigenvalue weighted by Crippen LogP contribution is 2.34. The van der Waals surface area contributed by atoms with Crippen LogP contribution in [0.3, 0.4) is 0 Å². The van der Waals surface area contributed by atoms with Crippen LogP contribution in [0.25, 0.3) is 0 Å².